The molecule has 1 heterocycles. The van der Waals surface area contributed by atoms with Crippen LogP contribution in [0.4, 0.5) is 0 Å². The average molecular weight is 279 g/mol. The molecule has 3 nitrogen and oxygen atoms in total. The van der Waals surface area contributed by atoms with Crippen LogP contribution in [0.1, 0.15) is 60.9 Å². The summed E-state index contributed by atoms with van der Waals surface area (Å²) in [7, 11) is 1.99. The van der Waals surface area contributed by atoms with Gasteiger partial charge in [0, 0.05) is 18.9 Å². The number of hydrogen-bond acceptors (Lipinski definition) is 4. The minimum absolute atomic E-state index is 0.709. The van der Waals surface area contributed by atoms with Gasteiger partial charge in [-0.2, -0.15) is 0 Å². The summed E-state index contributed by atoms with van der Waals surface area (Å²) >= 11 is 1.86. The van der Waals surface area contributed by atoms with E-state index in [-0.39, 0.29) is 0 Å². The second-order valence-corrected chi connectivity index (χ2v) is 7.30. The molecule has 0 radical (unpaired) electrons. The zero-order valence-corrected chi connectivity index (χ0v) is 12.7. The van der Waals surface area contributed by atoms with Crippen molar-refractivity contribution in [1.82, 2.24) is 15.5 Å². The summed E-state index contributed by atoms with van der Waals surface area (Å²) in [6.07, 6.45) is 11.1. The van der Waals surface area contributed by atoms with Gasteiger partial charge in [0.2, 0.25) is 0 Å². The highest BCUT2D eigenvalue weighted by Gasteiger charge is 2.33. The van der Waals surface area contributed by atoms with Crippen LogP contribution in [0.25, 0.3) is 0 Å². The van der Waals surface area contributed by atoms with Gasteiger partial charge in [0.1, 0.15) is 10.0 Å². The molecule has 2 aliphatic rings. The molecule has 1 aromatic rings. The monoisotopic (exact) mass is 279 g/mol. The van der Waals surface area contributed by atoms with Gasteiger partial charge in [0.15, 0.2) is 0 Å². The largest absolute Gasteiger partial charge is 0.319 e. The molecular formula is C15H25N3S. The Morgan fingerprint density at radius 1 is 1.11 bits per heavy atom. The first-order chi connectivity index (χ1) is 9.36. The predicted molar refractivity (Wildman–Crippen MR) is 79.6 cm³/mol. The quantitative estimate of drug-likeness (QED) is 0.918. The van der Waals surface area contributed by atoms with Crippen LogP contribution in [-0.2, 0) is 6.42 Å². The number of nitrogens with zero attached hydrogens (tertiary/aromatic N) is 2. The Hall–Kier alpha value is -0.480. The second-order valence-electron chi connectivity index (χ2n) is 6.20. The standard InChI is InChI=1S/C15H25N3S/c1-16-9-8-14-17-18-15(19-14)13-7-6-11-4-2-3-5-12(11)10-13/h11-13,16H,2-10H2,1H3. The van der Waals surface area contributed by atoms with Gasteiger partial charge in [-0.05, 0) is 38.1 Å². The third kappa shape index (κ3) is 3.16. The molecular weight excluding hydrogens is 254 g/mol. The van der Waals surface area contributed by atoms with Crippen molar-refractivity contribution in [1.29, 1.82) is 0 Å². The molecule has 0 saturated heterocycles. The summed E-state index contributed by atoms with van der Waals surface area (Å²) in [6.45, 7) is 1.00. The minimum atomic E-state index is 0.709. The Labute approximate surface area is 120 Å². The Morgan fingerprint density at radius 2 is 1.95 bits per heavy atom. The van der Waals surface area contributed by atoms with Crippen LogP contribution in [0.15, 0.2) is 0 Å². The maximum Gasteiger partial charge on any atom is 0.120 e. The van der Waals surface area contributed by atoms with Crippen LogP contribution in [-0.4, -0.2) is 23.8 Å². The van der Waals surface area contributed by atoms with E-state index in [1.165, 1.54) is 55.0 Å². The number of aromatic nitrogens is 2. The normalized spacial score (nSPS) is 31.1. The number of rotatable bonds is 4. The second kappa shape index (κ2) is 6.31. The van der Waals surface area contributed by atoms with Crippen molar-refractivity contribution in [2.24, 2.45) is 11.8 Å². The summed E-state index contributed by atoms with van der Waals surface area (Å²) in [6, 6.07) is 0. The van der Waals surface area contributed by atoms with Crippen LogP contribution in [0.3, 0.4) is 0 Å². The smallest absolute Gasteiger partial charge is 0.120 e. The molecule has 19 heavy (non-hydrogen) atoms. The lowest BCUT2D eigenvalue weighted by Crippen LogP contribution is -2.26. The van der Waals surface area contributed by atoms with E-state index in [4.69, 9.17) is 0 Å². The fourth-order valence-electron chi connectivity index (χ4n) is 3.86. The Kier molecular flexibility index (Phi) is 4.49. The summed E-state index contributed by atoms with van der Waals surface area (Å²) < 4.78 is 0. The average Bonchev–Trinajstić information content (AvgIpc) is 2.93. The zero-order chi connectivity index (χ0) is 13.1. The molecule has 0 spiro atoms. The molecule has 1 aromatic heterocycles. The number of nitrogens with one attached hydrogen (secondary N) is 1. The third-order valence-corrected chi connectivity index (χ3v) is 6.11. The van der Waals surface area contributed by atoms with E-state index in [1.54, 1.807) is 0 Å². The van der Waals surface area contributed by atoms with Crippen molar-refractivity contribution in [3.05, 3.63) is 10.0 Å². The van der Waals surface area contributed by atoms with Gasteiger partial charge in [0.25, 0.3) is 0 Å². The lowest BCUT2D eigenvalue weighted by atomic mass is 9.68. The van der Waals surface area contributed by atoms with Crippen molar-refractivity contribution >= 4 is 11.3 Å². The van der Waals surface area contributed by atoms with Gasteiger partial charge in [-0.3, -0.25) is 0 Å². The SMILES string of the molecule is CNCCc1nnc(C2CCC3CCCCC3C2)s1. The highest BCUT2D eigenvalue weighted by molar-refractivity contribution is 7.11. The fourth-order valence-corrected chi connectivity index (χ4v) is 4.85. The van der Waals surface area contributed by atoms with E-state index in [9.17, 15) is 0 Å². The predicted octanol–water partition coefficient (Wildman–Crippen LogP) is 3.37. The van der Waals surface area contributed by atoms with Crippen molar-refractivity contribution in [2.75, 3.05) is 13.6 Å². The first-order valence-electron chi connectivity index (χ1n) is 7.83. The highest BCUT2D eigenvalue weighted by Crippen LogP contribution is 2.46. The van der Waals surface area contributed by atoms with E-state index in [1.807, 2.05) is 18.4 Å². The van der Waals surface area contributed by atoms with Crippen LogP contribution in [0.5, 0.6) is 0 Å². The van der Waals surface area contributed by atoms with Crippen LogP contribution in [0.2, 0.25) is 0 Å². The van der Waals surface area contributed by atoms with Gasteiger partial charge < -0.3 is 5.32 Å². The Morgan fingerprint density at radius 3 is 2.79 bits per heavy atom. The van der Waals surface area contributed by atoms with E-state index < -0.39 is 0 Å². The molecule has 3 rings (SSSR count). The Bertz CT molecular complexity index is 404. The lowest BCUT2D eigenvalue weighted by molar-refractivity contribution is 0.155. The van der Waals surface area contributed by atoms with Gasteiger partial charge in [-0.15, -0.1) is 21.5 Å². The van der Waals surface area contributed by atoms with Crippen LogP contribution >= 0.6 is 11.3 Å². The van der Waals surface area contributed by atoms with E-state index in [0.29, 0.717) is 5.92 Å². The van der Waals surface area contributed by atoms with Crippen molar-refractivity contribution in [3.63, 3.8) is 0 Å². The minimum Gasteiger partial charge on any atom is -0.319 e. The Balaban J connectivity index is 1.61. The topological polar surface area (TPSA) is 37.8 Å². The van der Waals surface area contributed by atoms with Gasteiger partial charge >= 0.3 is 0 Å². The first-order valence-corrected chi connectivity index (χ1v) is 8.65. The maximum absolute atomic E-state index is 4.47. The summed E-state index contributed by atoms with van der Waals surface area (Å²) in [5.74, 6) is 2.72. The molecule has 2 saturated carbocycles. The molecule has 2 aliphatic carbocycles. The molecule has 2 fully saturated rings. The number of fused-ring (bicyclic) bond motifs is 1. The number of likely N-dealkylation sites (N-methyl/N-ethyl adjacent to an activating group) is 1. The molecule has 4 heteroatoms. The zero-order valence-electron chi connectivity index (χ0n) is 11.9. The van der Waals surface area contributed by atoms with E-state index >= 15 is 0 Å². The van der Waals surface area contributed by atoms with Gasteiger partial charge in [-0.25, -0.2) is 0 Å². The molecule has 1 N–H and O–H groups in total. The summed E-state index contributed by atoms with van der Waals surface area (Å²) in [5.41, 5.74) is 0. The molecule has 3 atom stereocenters. The van der Waals surface area contributed by atoms with Gasteiger partial charge in [0.05, 0.1) is 0 Å². The molecule has 0 amide bonds. The first kappa shape index (κ1) is 13.5. The fraction of sp³-hybridized carbons (Fsp3) is 0.867. The van der Waals surface area contributed by atoms with Crippen molar-refractivity contribution in [3.8, 4) is 0 Å². The summed E-state index contributed by atoms with van der Waals surface area (Å²) in [4.78, 5) is 0. The molecule has 0 aliphatic heterocycles. The molecule has 3 unspecified atom stereocenters. The molecule has 0 bridgehead atoms. The lowest BCUT2D eigenvalue weighted by Gasteiger charge is -2.38. The highest BCUT2D eigenvalue weighted by atomic mass is 32.1. The van der Waals surface area contributed by atoms with Crippen molar-refractivity contribution in [2.45, 2.75) is 57.3 Å². The van der Waals surface area contributed by atoms with Crippen LogP contribution in [0, 0.1) is 11.8 Å². The maximum atomic E-state index is 4.47. The molecule has 0 aromatic carbocycles. The van der Waals surface area contributed by atoms with E-state index in [0.717, 1.165) is 24.8 Å². The van der Waals surface area contributed by atoms with Crippen LogP contribution < -0.4 is 5.32 Å². The van der Waals surface area contributed by atoms with Crippen molar-refractivity contribution < 1.29 is 0 Å². The summed E-state index contributed by atoms with van der Waals surface area (Å²) in [5, 5.41) is 14.5. The van der Waals surface area contributed by atoms with E-state index in [2.05, 4.69) is 15.5 Å². The number of hydrogen-bond donors (Lipinski definition) is 1. The third-order valence-electron chi connectivity index (χ3n) is 4.96. The molecule has 106 valence electrons. The van der Waals surface area contributed by atoms with Gasteiger partial charge in [-0.1, -0.05) is 25.7 Å².